The van der Waals surface area contributed by atoms with Crippen LogP contribution in [0.15, 0.2) is 60.8 Å². The number of halogens is 1. The molecule has 1 N–H and O–H groups in total. The maximum Gasteiger partial charge on any atom is 0.203 e. The summed E-state index contributed by atoms with van der Waals surface area (Å²) < 4.78 is 15.5. The summed E-state index contributed by atoms with van der Waals surface area (Å²) in [5, 5.41) is 3.38. The topological polar surface area (TPSA) is 42.7 Å². The molecule has 0 aliphatic carbocycles. The minimum atomic E-state index is -0.269. The third-order valence-electron chi connectivity index (χ3n) is 4.42. The van der Waals surface area contributed by atoms with Crippen molar-refractivity contribution in [3.8, 4) is 11.3 Å². The first kappa shape index (κ1) is 16.3. The molecule has 4 rings (SSSR count). The van der Waals surface area contributed by atoms with Gasteiger partial charge in [0, 0.05) is 19.2 Å². The van der Waals surface area contributed by atoms with Gasteiger partial charge in [-0.05, 0) is 30.7 Å². The molecule has 0 radical (unpaired) electrons. The van der Waals surface area contributed by atoms with E-state index in [0.29, 0.717) is 6.54 Å². The lowest BCUT2D eigenvalue weighted by atomic mass is 10.1. The SMILES string of the molecule is Cc1cccc(CNc2nc3cnc(-c4cccc(F)c4)cc3n2C)c1. The monoisotopic (exact) mass is 346 g/mol. The maximum atomic E-state index is 13.5. The molecule has 26 heavy (non-hydrogen) atoms. The van der Waals surface area contributed by atoms with E-state index in [2.05, 4.69) is 46.5 Å². The Hall–Kier alpha value is -3.21. The van der Waals surface area contributed by atoms with Gasteiger partial charge in [0.15, 0.2) is 0 Å². The zero-order chi connectivity index (χ0) is 18.1. The minimum absolute atomic E-state index is 0.269. The highest BCUT2D eigenvalue weighted by molar-refractivity contribution is 5.82. The second-order valence-corrected chi connectivity index (χ2v) is 6.41. The minimum Gasteiger partial charge on any atom is -0.352 e. The van der Waals surface area contributed by atoms with Gasteiger partial charge in [0.25, 0.3) is 0 Å². The molecular formula is C21H19FN4. The number of pyridine rings is 1. The predicted octanol–water partition coefficient (Wildman–Crippen LogP) is 4.69. The Morgan fingerprint density at radius 3 is 2.73 bits per heavy atom. The molecule has 2 aromatic carbocycles. The molecular weight excluding hydrogens is 327 g/mol. The third kappa shape index (κ3) is 3.16. The average Bonchev–Trinajstić information content (AvgIpc) is 2.95. The largest absolute Gasteiger partial charge is 0.352 e. The third-order valence-corrected chi connectivity index (χ3v) is 4.42. The molecule has 0 amide bonds. The summed E-state index contributed by atoms with van der Waals surface area (Å²) in [6.45, 7) is 2.78. The number of hydrogen-bond donors (Lipinski definition) is 1. The van der Waals surface area contributed by atoms with Gasteiger partial charge in [-0.2, -0.15) is 0 Å². The fourth-order valence-electron chi connectivity index (χ4n) is 3.06. The van der Waals surface area contributed by atoms with Crippen LogP contribution in [-0.2, 0) is 13.6 Å². The number of aryl methyl sites for hydroxylation is 2. The first-order valence-corrected chi connectivity index (χ1v) is 8.48. The highest BCUT2D eigenvalue weighted by atomic mass is 19.1. The Bertz CT molecular complexity index is 1080. The molecule has 0 aliphatic heterocycles. The summed E-state index contributed by atoms with van der Waals surface area (Å²) in [4.78, 5) is 9.05. The standard InChI is InChI=1S/C21H19FN4/c1-14-5-3-6-15(9-14)12-24-21-25-19-13-23-18(11-20(19)26(21)2)16-7-4-8-17(22)10-16/h3-11,13H,12H2,1-2H3,(H,24,25). The van der Waals surface area contributed by atoms with Gasteiger partial charge in [0.05, 0.1) is 17.4 Å². The Morgan fingerprint density at radius 1 is 1.08 bits per heavy atom. The van der Waals surface area contributed by atoms with Gasteiger partial charge in [-0.25, -0.2) is 9.37 Å². The maximum absolute atomic E-state index is 13.5. The molecule has 2 aromatic heterocycles. The van der Waals surface area contributed by atoms with Gasteiger partial charge in [-0.15, -0.1) is 0 Å². The van der Waals surface area contributed by atoms with Crippen molar-refractivity contribution in [3.63, 3.8) is 0 Å². The van der Waals surface area contributed by atoms with Gasteiger partial charge in [0.1, 0.15) is 11.3 Å². The smallest absolute Gasteiger partial charge is 0.203 e. The molecule has 4 aromatic rings. The van der Waals surface area contributed by atoms with Crippen LogP contribution >= 0.6 is 0 Å². The van der Waals surface area contributed by atoms with Crippen LogP contribution in [0.2, 0.25) is 0 Å². The van der Waals surface area contributed by atoms with E-state index < -0.39 is 0 Å². The van der Waals surface area contributed by atoms with Crippen molar-refractivity contribution in [2.45, 2.75) is 13.5 Å². The van der Waals surface area contributed by atoms with Gasteiger partial charge in [-0.3, -0.25) is 4.98 Å². The number of fused-ring (bicyclic) bond motifs is 1. The van der Waals surface area contributed by atoms with Crippen molar-refractivity contribution in [1.29, 1.82) is 0 Å². The quantitative estimate of drug-likeness (QED) is 0.583. The lowest BCUT2D eigenvalue weighted by Crippen LogP contribution is -2.05. The Morgan fingerprint density at radius 2 is 1.92 bits per heavy atom. The van der Waals surface area contributed by atoms with Crippen LogP contribution in [0.4, 0.5) is 10.3 Å². The van der Waals surface area contributed by atoms with Crippen LogP contribution in [0.25, 0.3) is 22.3 Å². The highest BCUT2D eigenvalue weighted by Gasteiger charge is 2.10. The molecule has 0 saturated heterocycles. The number of anilines is 1. The van der Waals surface area contributed by atoms with Crippen molar-refractivity contribution in [2.24, 2.45) is 7.05 Å². The number of aromatic nitrogens is 3. The average molecular weight is 346 g/mol. The number of rotatable bonds is 4. The van der Waals surface area contributed by atoms with Crippen molar-refractivity contribution in [3.05, 3.63) is 77.7 Å². The van der Waals surface area contributed by atoms with Crippen LogP contribution in [0.5, 0.6) is 0 Å². The zero-order valence-electron chi connectivity index (χ0n) is 14.7. The zero-order valence-corrected chi connectivity index (χ0v) is 14.7. The Balaban J connectivity index is 1.64. The van der Waals surface area contributed by atoms with Gasteiger partial charge in [-0.1, -0.05) is 42.0 Å². The van der Waals surface area contributed by atoms with Gasteiger partial charge < -0.3 is 9.88 Å². The molecule has 0 saturated carbocycles. The van der Waals surface area contributed by atoms with Gasteiger partial charge in [0.2, 0.25) is 5.95 Å². The van der Waals surface area contributed by atoms with Crippen molar-refractivity contribution < 1.29 is 4.39 Å². The normalized spacial score (nSPS) is 11.0. The van der Waals surface area contributed by atoms with Crippen molar-refractivity contribution in [2.75, 3.05) is 5.32 Å². The molecule has 4 nitrogen and oxygen atoms in total. The predicted molar refractivity (Wildman–Crippen MR) is 102 cm³/mol. The van der Waals surface area contributed by atoms with Crippen LogP contribution in [0.3, 0.4) is 0 Å². The van der Waals surface area contributed by atoms with E-state index in [4.69, 9.17) is 0 Å². The first-order valence-electron chi connectivity index (χ1n) is 8.48. The van der Waals surface area contributed by atoms with E-state index in [9.17, 15) is 4.39 Å². The van der Waals surface area contributed by atoms with E-state index in [1.807, 2.05) is 23.7 Å². The van der Waals surface area contributed by atoms with Crippen molar-refractivity contribution in [1.82, 2.24) is 14.5 Å². The molecule has 0 unspecified atom stereocenters. The second-order valence-electron chi connectivity index (χ2n) is 6.41. The number of benzene rings is 2. The lowest BCUT2D eigenvalue weighted by molar-refractivity contribution is 0.628. The number of imidazole rings is 1. The fourth-order valence-corrected chi connectivity index (χ4v) is 3.06. The second kappa shape index (κ2) is 6.59. The fraction of sp³-hybridized carbons (Fsp3) is 0.143. The molecule has 130 valence electrons. The van der Waals surface area contributed by atoms with E-state index in [-0.39, 0.29) is 5.82 Å². The molecule has 0 atom stereocenters. The number of hydrogen-bond acceptors (Lipinski definition) is 3. The molecule has 0 fully saturated rings. The van der Waals surface area contributed by atoms with Crippen LogP contribution in [0.1, 0.15) is 11.1 Å². The van der Waals surface area contributed by atoms with E-state index in [1.165, 1.54) is 23.3 Å². The first-order chi connectivity index (χ1) is 12.6. The molecule has 0 spiro atoms. The number of nitrogens with zero attached hydrogens (tertiary/aromatic N) is 3. The summed E-state index contributed by atoms with van der Waals surface area (Å²) >= 11 is 0. The van der Waals surface area contributed by atoms with Crippen LogP contribution in [0, 0.1) is 12.7 Å². The highest BCUT2D eigenvalue weighted by Crippen LogP contribution is 2.24. The molecule has 0 bridgehead atoms. The summed E-state index contributed by atoms with van der Waals surface area (Å²) in [6, 6.07) is 16.8. The molecule has 0 aliphatic rings. The summed E-state index contributed by atoms with van der Waals surface area (Å²) in [7, 11) is 1.96. The van der Waals surface area contributed by atoms with Crippen LogP contribution < -0.4 is 5.32 Å². The molecule has 5 heteroatoms. The van der Waals surface area contributed by atoms with E-state index >= 15 is 0 Å². The summed E-state index contributed by atoms with van der Waals surface area (Å²) in [6.07, 6.45) is 1.73. The van der Waals surface area contributed by atoms with E-state index in [1.54, 1.807) is 12.3 Å². The van der Waals surface area contributed by atoms with E-state index in [0.717, 1.165) is 28.2 Å². The summed E-state index contributed by atoms with van der Waals surface area (Å²) in [5.74, 6) is 0.509. The summed E-state index contributed by atoms with van der Waals surface area (Å²) in [5.41, 5.74) is 5.67. The van der Waals surface area contributed by atoms with Crippen LogP contribution in [-0.4, -0.2) is 14.5 Å². The van der Waals surface area contributed by atoms with Gasteiger partial charge >= 0.3 is 0 Å². The lowest BCUT2D eigenvalue weighted by Gasteiger charge is -2.07. The number of nitrogens with one attached hydrogen (secondary N) is 1. The molecule has 2 heterocycles. The van der Waals surface area contributed by atoms with Crippen molar-refractivity contribution >= 4 is 17.0 Å². The Kier molecular flexibility index (Phi) is 4.13. The Labute approximate surface area is 151 Å².